The summed E-state index contributed by atoms with van der Waals surface area (Å²) in [6.45, 7) is 4.98. The van der Waals surface area contributed by atoms with E-state index >= 15 is 0 Å². The molecule has 1 aliphatic rings. The molecule has 112 valence electrons. The van der Waals surface area contributed by atoms with Gasteiger partial charge < -0.3 is 5.32 Å². The van der Waals surface area contributed by atoms with Crippen LogP contribution in [0.2, 0.25) is 5.02 Å². The number of hydrogen-bond donors (Lipinski definition) is 1. The lowest BCUT2D eigenvalue weighted by Crippen LogP contribution is -2.37. The third-order valence-corrected chi connectivity index (χ3v) is 4.61. The molecule has 2 nitrogen and oxygen atoms in total. The number of nitrogens with one attached hydrogen (secondary N) is 1. The summed E-state index contributed by atoms with van der Waals surface area (Å²) in [5.41, 5.74) is 0.679. The second-order valence-electron chi connectivity index (χ2n) is 5.52. The molecule has 0 bridgehead atoms. The van der Waals surface area contributed by atoms with Gasteiger partial charge in [0.1, 0.15) is 5.82 Å². The van der Waals surface area contributed by atoms with E-state index in [0.717, 1.165) is 26.1 Å². The molecule has 1 saturated heterocycles. The van der Waals surface area contributed by atoms with Crippen molar-refractivity contribution in [2.45, 2.75) is 32.2 Å². The molecule has 0 aliphatic carbocycles. The third kappa shape index (κ3) is 3.33. The van der Waals surface area contributed by atoms with Crippen molar-refractivity contribution in [3.8, 4) is 0 Å². The Morgan fingerprint density at radius 3 is 2.85 bits per heavy atom. The first-order chi connectivity index (χ1) is 9.69. The van der Waals surface area contributed by atoms with Crippen LogP contribution in [0.4, 0.5) is 4.39 Å². The van der Waals surface area contributed by atoms with Crippen molar-refractivity contribution in [3.05, 3.63) is 34.6 Å². The van der Waals surface area contributed by atoms with Gasteiger partial charge in [0.25, 0.3) is 0 Å². The Labute approximate surface area is 126 Å². The molecule has 2 rings (SSSR count). The summed E-state index contributed by atoms with van der Waals surface area (Å²) < 4.78 is 14.4. The van der Waals surface area contributed by atoms with E-state index in [1.165, 1.54) is 18.9 Å². The Morgan fingerprint density at radius 2 is 2.20 bits per heavy atom. The minimum absolute atomic E-state index is 0.0728. The van der Waals surface area contributed by atoms with Crippen molar-refractivity contribution < 1.29 is 4.39 Å². The second kappa shape index (κ2) is 7.39. The Hall–Kier alpha value is -0.640. The van der Waals surface area contributed by atoms with Gasteiger partial charge in [-0.3, -0.25) is 4.90 Å². The molecule has 0 amide bonds. The fourth-order valence-electron chi connectivity index (χ4n) is 3.36. The highest BCUT2D eigenvalue weighted by molar-refractivity contribution is 6.31. The minimum Gasteiger partial charge on any atom is -0.319 e. The molecular formula is C16H24ClFN2. The maximum absolute atomic E-state index is 14.4. The summed E-state index contributed by atoms with van der Waals surface area (Å²) in [6.07, 6.45) is 3.49. The van der Waals surface area contributed by atoms with Gasteiger partial charge in [-0.05, 0) is 57.6 Å². The molecule has 0 spiro atoms. The normalized spacial score (nSPS) is 24.6. The molecule has 1 heterocycles. The number of benzene rings is 1. The molecule has 1 aromatic rings. The standard InChI is InChI=1S/C16H24ClFN2/c1-3-20-10-5-4-7-12(11-19-2)16(20)15-13(17)8-6-9-14(15)18/h6,8-9,12,16,19H,3-5,7,10-11H2,1-2H3. The average molecular weight is 299 g/mol. The van der Waals surface area contributed by atoms with Crippen LogP contribution in [-0.4, -0.2) is 31.6 Å². The van der Waals surface area contributed by atoms with Crippen LogP contribution in [0.1, 0.15) is 37.8 Å². The molecule has 1 aliphatic heterocycles. The molecule has 20 heavy (non-hydrogen) atoms. The van der Waals surface area contributed by atoms with Crippen LogP contribution in [0.5, 0.6) is 0 Å². The van der Waals surface area contributed by atoms with Gasteiger partial charge in [0, 0.05) is 16.6 Å². The minimum atomic E-state index is -0.177. The SMILES string of the molecule is CCN1CCCCC(CNC)C1c1c(F)cccc1Cl. The van der Waals surface area contributed by atoms with Crippen molar-refractivity contribution in [2.75, 3.05) is 26.7 Å². The Kier molecular flexibility index (Phi) is 5.82. The fraction of sp³-hybridized carbons (Fsp3) is 0.625. The van der Waals surface area contributed by atoms with Gasteiger partial charge in [0.15, 0.2) is 0 Å². The van der Waals surface area contributed by atoms with Crippen LogP contribution < -0.4 is 5.32 Å². The summed E-state index contributed by atoms with van der Waals surface area (Å²) in [7, 11) is 1.96. The van der Waals surface area contributed by atoms with E-state index in [2.05, 4.69) is 17.1 Å². The van der Waals surface area contributed by atoms with Gasteiger partial charge in [-0.2, -0.15) is 0 Å². The molecule has 2 atom stereocenters. The monoisotopic (exact) mass is 298 g/mol. The predicted octanol–water partition coefficient (Wildman–Crippen LogP) is 3.86. The van der Waals surface area contributed by atoms with Crippen LogP contribution >= 0.6 is 11.6 Å². The first-order valence-corrected chi connectivity index (χ1v) is 7.89. The van der Waals surface area contributed by atoms with Crippen LogP contribution in [0, 0.1) is 11.7 Å². The number of nitrogens with zero attached hydrogens (tertiary/aromatic N) is 1. The largest absolute Gasteiger partial charge is 0.319 e. The summed E-state index contributed by atoms with van der Waals surface area (Å²) in [4.78, 5) is 2.37. The van der Waals surface area contributed by atoms with E-state index < -0.39 is 0 Å². The quantitative estimate of drug-likeness (QED) is 0.908. The molecule has 1 N–H and O–H groups in total. The van der Waals surface area contributed by atoms with Crippen molar-refractivity contribution in [2.24, 2.45) is 5.92 Å². The summed E-state index contributed by atoms with van der Waals surface area (Å²) in [5, 5.41) is 3.81. The van der Waals surface area contributed by atoms with E-state index in [-0.39, 0.29) is 11.9 Å². The molecular weight excluding hydrogens is 275 g/mol. The third-order valence-electron chi connectivity index (χ3n) is 4.28. The van der Waals surface area contributed by atoms with Gasteiger partial charge in [-0.15, -0.1) is 0 Å². The van der Waals surface area contributed by atoms with Crippen LogP contribution in [0.25, 0.3) is 0 Å². The lowest BCUT2D eigenvalue weighted by molar-refractivity contribution is 0.158. The van der Waals surface area contributed by atoms with Crippen LogP contribution in [-0.2, 0) is 0 Å². The Morgan fingerprint density at radius 1 is 1.40 bits per heavy atom. The molecule has 0 saturated carbocycles. The highest BCUT2D eigenvalue weighted by atomic mass is 35.5. The van der Waals surface area contributed by atoms with Gasteiger partial charge in [-0.1, -0.05) is 31.0 Å². The highest BCUT2D eigenvalue weighted by Crippen LogP contribution is 2.39. The molecule has 2 unspecified atom stereocenters. The van der Waals surface area contributed by atoms with E-state index in [0.29, 0.717) is 16.5 Å². The number of halogens is 2. The van der Waals surface area contributed by atoms with E-state index in [1.807, 2.05) is 7.05 Å². The first-order valence-electron chi connectivity index (χ1n) is 7.51. The zero-order chi connectivity index (χ0) is 14.5. The van der Waals surface area contributed by atoms with Gasteiger partial charge in [0.05, 0.1) is 0 Å². The van der Waals surface area contributed by atoms with Crippen LogP contribution in [0.15, 0.2) is 18.2 Å². The molecule has 0 aromatic heterocycles. The maximum atomic E-state index is 14.4. The van der Waals surface area contributed by atoms with Crippen molar-refractivity contribution >= 4 is 11.6 Å². The van der Waals surface area contributed by atoms with Crippen LogP contribution in [0.3, 0.4) is 0 Å². The number of rotatable bonds is 4. The van der Waals surface area contributed by atoms with E-state index in [4.69, 9.17) is 11.6 Å². The Bertz CT molecular complexity index is 418. The topological polar surface area (TPSA) is 15.3 Å². The zero-order valence-corrected chi connectivity index (χ0v) is 13.1. The smallest absolute Gasteiger partial charge is 0.129 e. The fourth-order valence-corrected chi connectivity index (χ4v) is 3.63. The average Bonchev–Trinajstić information content (AvgIpc) is 2.62. The molecule has 4 heteroatoms. The van der Waals surface area contributed by atoms with Gasteiger partial charge >= 0.3 is 0 Å². The van der Waals surface area contributed by atoms with Crippen molar-refractivity contribution in [3.63, 3.8) is 0 Å². The summed E-state index contributed by atoms with van der Waals surface area (Å²) in [6, 6.07) is 5.08. The lowest BCUT2D eigenvalue weighted by Gasteiger charge is -2.35. The van der Waals surface area contributed by atoms with Gasteiger partial charge in [0.2, 0.25) is 0 Å². The number of likely N-dealkylation sites (tertiary alicyclic amines) is 1. The summed E-state index contributed by atoms with van der Waals surface area (Å²) in [5.74, 6) is 0.223. The predicted molar refractivity (Wildman–Crippen MR) is 82.7 cm³/mol. The Balaban J connectivity index is 2.43. The van der Waals surface area contributed by atoms with Crippen molar-refractivity contribution in [1.29, 1.82) is 0 Å². The molecule has 0 radical (unpaired) electrons. The second-order valence-corrected chi connectivity index (χ2v) is 5.93. The molecule has 1 aromatic carbocycles. The maximum Gasteiger partial charge on any atom is 0.129 e. The van der Waals surface area contributed by atoms with E-state index in [1.54, 1.807) is 12.1 Å². The first kappa shape index (κ1) is 15.7. The van der Waals surface area contributed by atoms with Crippen molar-refractivity contribution in [1.82, 2.24) is 10.2 Å². The highest BCUT2D eigenvalue weighted by Gasteiger charge is 2.33. The zero-order valence-electron chi connectivity index (χ0n) is 12.3. The lowest BCUT2D eigenvalue weighted by atomic mass is 9.88. The summed E-state index contributed by atoms with van der Waals surface area (Å²) >= 11 is 6.32. The van der Waals surface area contributed by atoms with E-state index in [9.17, 15) is 4.39 Å². The van der Waals surface area contributed by atoms with Gasteiger partial charge in [-0.25, -0.2) is 4.39 Å². The number of hydrogen-bond acceptors (Lipinski definition) is 2. The molecule has 1 fully saturated rings.